The van der Waals surface area contributed by atoms with Gasteiger partial charge in [-0.15, -0.1) is 0 Å². The average molecular weight is 620 g/mol. The number of nitrogens with zero attached hydrogens (tertiary/aromatic N) is 2. The van der Waals surface area contributed by atoms with Crippen LogP contribution in [0.2, 0.25) is 5.02 Å². The Morgan fingerprint density at radius 3 is 2.07 bits per heavy atom. The highest BCUT2D eigenvalue weighted by Gasteiger charge is 2.34. The summed E-state index contributed by atoms with van der Waals surface area (Å²) in [6.07, 6.45) is 0.240. The van der Waals surface area contributed by atoms with Gasteiger partial charge in [0, 0.05) is 25.0 Å². The molecule has 0 unspecified atom stereocenters. The molecule has 0 aromatic heterocycles. The zero-order valence-electron chi connectivity index (χ0n) is 24.2. The van der Waals surface area contributed by atoms with Crippen LogP contribution in [0.5, 0.6) is 5.75 Å². The Kier molecular flexibility index (Phi) is 10.4. The van der Waals surface area contributed by atoms with Crippen molar-refractivity contribution in [3.05, 3.63) is 125 Å². The van der Waals surface area contributed by atoms with Crippen molar-refractivity contribution in [1.29, 1.82) is 0 Å². The van der Waals surface area contributed by atoms with Crippen molar-refractivity contribution < 1.29 is 22.7 Å². The van der Waals surface area contributed by atoms with Crippen molar-refractivity contribution in [1.82, 2.24) is 10.2 Å². The number of halogens is 1. The smallest absolute Gasteiger partial charge is 0.264 e. The van der Waals surface area contributed by atoms with Crippen LogP contribution < -0.4 is 14.4 Å². The molecule has 0 saturated heterocycles. The minimum Gasteiger partial charge on any atom is -0.497 e. The highest BCUT2D eigenvalue weighted by Crippen LogP contribution is 2.27. The highest BCUT2D eigenvalue weighted by molar-refractivity contribution is 7.92. The van der Waals surface area contributed by atoms with Gasteiger partial charge in [-0.25, -0.2) is 8.42 Å². The first-order valence-electron chi connectivity index (χ1n) is 13.6. The number of hydrogen-bond donors (Lipinski definition) is 1. The molecular weight excluding hydrogens is 586 g/mol. The van der Waals surface area contributed by atoms with Gasteiger partial charge in [0.05, 0.1) is 17.7 Å². The number of ether oxygens (including phenoxy) is 1. The number of aryl methyl sites for hydroxylation is 1. The van der Waals surface area contributed by atoms with E-state index >= 15 is 0 Å². The standard InChI is InChI=1S/C33H34ClN3O5S/c1-24-9-11-26(12-10-24)22-36(31(33(39)35-2)21-25-7-5-4-6-8-25)32(38)23-37(28-15-13-27(34)14-16-28)43(40,41)30-19-17-29(42-3)18-20-30/h4-20,31H,21-23H2,1-3H3,(H,35,39)/t31-/m0/s1. The third kappa shape index (κ3) is 7.94. The van der Waals surface area contributed by atoms with E-state index in [0.29, 0.717) is 10.8 Å². The van der Waals surface area contributed by atoms with Gasteiger partial charge in [-0.3, -0.25) is 13.9 Å². The molecule has 0 fully saturated rings. The molecule has 0 heterocycles. The molecule has 0 aliphatic heterocycles. The second-order valence-corrected chi connectivity index (χ2v) is 12.3. The Labute approximate surface area is 257 Å². The predicted octanol–water partition coefficient (Wildman–Crippen LogP) is 5.24. The van der Waals surface area contributed by atoms with Gasteiger partial charge < -0.3 is 15.0 Å². The third-order valence-electron chi connectivity index (χ3n) is 7.03. The second-order valence-electron chi connectivity index (χ2n) is 9.99. The maximum Gasteiger partial charge on any atom is 0.264 e. The number of nitrogens with one attached hydrogen (secondary N) is 1. The van der Waals surface area contributed by atoms with Gasteiger partial charge in [0.15, 0.2) is 0 Å². The molecule has 43 heavy (non-hydrogen) atoms. The zero-order chi connectivity index (χ0) is 31.0. The van der Waals surface area contributed by atoms with E-state index in [1.807, 2.05) is 61.5 Å². The number of rotatable bonds is 12. The number of amides is 2. The summed E-state index contributed by atoms with van der Waals surface area (Å²) in [4.78, 5) is 29.0. The summed E-state index contributed by atoms with van der Waals surface area (Å²) >= 11 is 6.11. The summed E-state index contributed by atoms with van der Waals surface area (Å²) in [5, 5.41) is 3.10. The molecule has 10 heteroatoms. The van der Waals surface area contributed by atoms with E-state index in [1.165, 1.54) is 31.2 Å². The molecule has 2 amide bonds. The number of carbonyl (C=O) groups is 2. The molecule has 0 saturated carbocycles. The lowest BCUT2D eigenvalue weighted by Crippen LogP contribution is -2.53. The van der Waals surface area contributed by atoms with Crippen LogP contribution in [0.3, 0.4) is 0 Å². The minimum absolute atomic E-state index is 0.0201. The van der Waals surface area contributed by atoms with Crippen molar-refractivity contribution in [2.45, 2.75) is 30.8 Å². The molecule has 4 rings (SSSR count). The Morgan fingerprint density at radius 2 is 1.49 bits per heavy atom. The topological polar surface area (TPSA) is 96.0 Å². The number of anilines is 1. The molecule has 1 N–H and O–H groups in total. The number of sulfonamides is 1. The lowest BCUT2D eigenvalue weighted by molar-refractivity contribution is -0.139. The Morgan fingerprint density at radius 1 is 0.860 bits per heavy atom. The molecule has 4 aromatic rings. The molecule has 0 aliphatic rings. The average Bonchev–Trinajstić information content (AvgIpc) is 3.03. The zero-order valence-corrected chi connectivity index (χ0v) is 25.8. The minimum atomic E-state index is -4.22. The molecule has 0 aliphatic carbocycles. The van der Waals surface area contributed by atoms with E-state index in [1.54, 1.807) is 36.4 Å². The molecule has 0 bridgehead atoms. The second kappa shape index (κ2) is 14.2. The third-order valence-corrected chi connectivity index (χ3v) is 9.07. The number of carbonyl (C=O) groups excluding carboxylic acids is 2. The molecule has 4 aromatic carbocycles. The van der Waals surface area contributed by atoms with Crippen molar-refractivity contribution in [2.75, 3.05) is 25.0 Å². The number of benzene rings is 4. The number of hydrogen-bond acceptors (Lipinski definition) is 5. The van der Waals surface area contributed by atoms with Gasteiger partial charge in [-0.2, -0.15) is 0 Å². The monoisotopic (exact) mass is 619 g/mol. The van der Waals surface area contributed by atoms with Crippen LogP contribution >= 0.6 is 11.6 Å². The molecule has 1 atom stereocenters. The lowest BCUT2D eigenvalue weighted by atomic mass is 10.0. The van der Waals surface area contributed by atoms with Gasteiger partial charge in [-0.05, 0) is 66.6 Å². The van der Waals surface area contributed by atoms with E-state index in [4.69, 9.17) is 16.3 Å². The molecule has 0 spiro atoms. The van der Waals surface area contributed by atoms with E-state index in [-0.39, 0.29) is 29.5 Å². The van der Waals surface area contributed by atoms with Gasteiger partial charge in [-0.1, -0.05) is 71.8 Å². The van der Waals surface area contributed by atoms with Gasteiger partial charge >= 0.3 is 0 Å². The Bertz CT molecular complexity index is 1630. The summed E-state index contributed by atoms with van der Waals surface area (Å²) < 4.78 is 34.3. The summed E-state index contributed by atoms with van der Waals surface area (Å²) in [5.74, 6) is -0.413. The van der Waals surface area contributed by atoms with Crippen LogP contribution in [-0.2, 0) is 32.6 Å². The van der Waals surface area contributed by atoms with Crippen molar-refractivity contribution in [3.63, 3.8) is 0 Å². The SMILES string of the molecule is CNC(=O)[C@H](Cc1ccccc1)N(Cc1ccc(C)cc1)C(=O)CN(c1ccc(Cl)cc1)S(=O)(=O)c1ccc(OC)cc1. The van der Waals surface area contributed by atoms with Gasteiger partial charge in [0.25, 0.3) is 10.0 Å². The van der Waals surface area contributed by atoms with E-state index < -0.39 is 28.5 Å². The number of likely N-dealkylation sites (N-methyl/N-ethyl adjacent to an activating group) is 1. The van der Waals surface area contributed by atoms with Crippen LogP contribution in [0.4, 0.5) is 5.69 Å². The summed E-state index contributed by atoms with van der Waals surface area (Å²) in [6, 6.07) is 28.3. The fourth-order valence-corrected chi connectivity index (χ4v) is 6.16. The first kappa shape index (κ1) is 31.6. The first-order chi connectivity index (χ1) is 20.6. The van der Waals surface area contributed by atoms with Crippen LogP contribution in [0, 0.1) is 6.92 Å². The number of methoxy groups -OCH3 is 1. The first-order valence-corrected chi connectivity index (χ1v) is 15.5. The van der Waals surface area contributed by atoms with E-state index in [9.17, 15) is 18.0 Å². The van der Waals surface area contributed by atoms with Crippen LogP contribution in [-0.4, -0.2) is 51.9 Å². The Balaban J connectivity index is 1.77. The summed E-state index contributed by atoms with van der Waals surface area (Å²) in [5.41, 5.74) is 2.96. The fraction of sp³-hybridized carbons (Fsp3) is 0.212. The predicted molar refractivity (Wildman–Crippen MR) is 169 cm³/mol. The largest absolute Gasteiger partial charge is 0.497 e. The fourth-order valence-electron chi connectivity index (χ4n) is 4.62. The van der Waals surface area contributed by atoms with Crippen molar-refractivity contribution in [2.24, 2.45) is 0 Å². The normalized spacial score (nSPS) is 11.8. The van der Waals surface area contributed by atoms with E-state index in [2.05, 4.69) is 5.32 Å². The molecule has 224 valence electrons. The van der Waals surface area contributed by atoms with Crippen molar-refractivity contribution >= 4 is 39.1 Å². The molecular formula is C33H34ClN3O5S. The van der Waals surface area contributed by atoms with Crippen molar-refractivity contribution in [3.8, 4) is 5.75 Å². The summed E-state index contributed by atoms with van der Waals surface area (Å²) in [6.45, 7) is 1.51. The van der Waals surface area contributed by atoms with Crippen LogP contribution in [0.25, 0.3) is 0 Å². The van der Waals surface area contributed by atoms with Crippen LogP contribution in [0.1, 0.15) is 16.7 Å². The maximum atomic E-state index is 14.3. The maximum absolute atomic E-state index is 14.3. The highest BCUT2D eigenvalue weighted by atomic mass is 35.5. The van der Waals surface area contributed by atoms with Gasteiger partial charge in [0.2, 0.25) is 11.8 Å². The quantitative estimate of drug-likeness (QED) is 0.234. The molecule has 0 radical (unpaired) electrons. The lowest BCUT2D eigenvalue weighted by Gasteiger charge is -2.33. The van der Waals surface area contributed by atoms with Crippen LogP contribution in [0.15, 0.2) is 108 Å². The summed E-state index contributed by atoms with van der Waals surface area (Å²) in [7, 11) is -1.22. The Hall–Kier alpha value is -4.34. The van der Waals surface area contributed by atoms with E-state index in [0.717, 1.165) is 21.0 Å². The molecule has 8 nitrogen and oxygen atoms in total. The van der Waals surface area contributed by atoms with Gasteiger partial charge in [0.1, 0.15) is 18.3 Å².